The summed E-state index contributed by atoms with van der Waals surface area (Å²) in [6.45, 7) is 8.14. The Balaban J connectivity index is 1.40. The van der Waals surface area contributed by atoms with E-state index in [9.17, 15) is 9.90 Å². The molecule has 0 bridgehead atoms. The van der Waals surface area contributed by atoms with Crippen molar-refractivity contribution in [2.24, 2.45) is 5.92 Å². The second kappa shape index (κ2) is 15.5. The molecule has 1 amide bonds. The number of hydrogen-bond donors (Lipinski definition) is 2. The third-order valence-corrected chi connectivity index (χ3v) is 7.82. The molecule has 0 aromatic heterocycles. The van der Waals surface area contributed by atoms with Crippen molar-refractivity contribution in [2.75, 3.05) is 18.5 Å². The number of carbonyl (C=O) groups excluding carboxylic acids is 1. The van der Waals surface area contributed by atoms with Crippen LogP contribution in [0.2, 0.25) is 0 Å². The lowest BCUT2D eigenvalue weighted by Gasteiger charge is -2.43. The number of aliphatic hydroxyl groups is 1. The molecule has 0 saturated carbocycles. The Bertz CT molecular complexity index is 1420. The minimum Gasteiger partial charge on any atom is -0.445 e. The van der Waals surface area contributed by atoms with Crippen LogP contribution in [-0.2, 0) is 33.9 Å². The van der Waals surface area contributed by atoms with Crippen molar-refractivity contribution in [2.45, 2.75) is 45.1 Å². The third kappa shape index (κ3) is 8.42. The van der Waals surface area contributed by atoms with Crippen molar-refractivity contribution in [3.05, 3.63) is 150 Å². The molecule has 0 unspecified atom stereocenters. The summed E-state index contributed by atoms with van der Waals surface area (Å²) in [5.41, 5.74) is 5.83. The van der Waals surface area contributed by atoms with Crippen LogP contribution in [0, 0.1) is 5.92 Å². The van der Waals surface area contributed by atoms with Crippen molar-refractivity contribution >= 4 is 11.8 Å². The Morgan fingerprint density at radius 2 is 1.43 bits per heavy atom. The maximum absolute atomic E-state index is 12.0. The van der Waals surface area contributed by atoms with Crippen LogP contribution in [0.1, 0.15) is 47.1 Å². The van der Waals surface area contributed by atoms with Gasteiger partial charge in [-0.2, -0.15) is 0 Å². The summed E-state index contributed by atoms with van der Waals surface area (Å²) in [6.07, 6.45) is -0.00781. The highest BCUT2D eigenvalue weighted by Crippen LogP contribution is 2.42. The number of benzene rings is 4. The zero-order chi connectivity index (χ0) is 30.7. The van der Waals surface area contributed by atoms with E-state index < -0.39 is 12.4 Å². The third-order valence-electron chi connectivity index (χ3n) is 7.82. The van der Waals surface area contributed by atoms with Crippen LogP contribution in [-0.4, -0.2) is 35.4 Å². The maximum atomic E-state index is 12.0. The van der Waals surface area contributed by atoms with Crippen LogP contribution in [0.15, 0.2) is 122 Å². The van der Waals surface area contributed by atoms with E-state index in [0.717, 1.165) is 29.8 Å². The van der Waals surface area contributed by atoms with Crippen LogP contribution < -0.4 is 5.32 Å². The summed E-state index contributed by atoms with van der Waals surface area (Å²) >= 11 is 0. The number of hydrogen-bond acceptors (Lipinski definition) is 6. The first-order chi connectivity index (χ1) is 21.5. The van der Waals surface area contributed by atoms with E-state index in [1.807, 2.05) is 60.7 Å². The highest BCUT2D eigenvalue weighted by atomic mass is 16.7. The van der Waals surface area contributed by atoms with Crippen molar-refractivity contribution in [1.29, 1.82) is 0 Å². The predicted molar refractivity (Wildman–Crippen MR) is 172 cm³/mol. The van der Waals surface area contributed by atoms with Crippen LogP contribution in [0.25, 0.3) is 0 Å². The van der Waals surface area contributed by atoms with Gasteiger partial charge in [0, 0.05) is 36.8 Å². The number of ether oxygens (including phenoxy) is 3. The average Bonchev–Trinajstić information content (AvgIpc) is 3.06. The van der Waals surface area contributed by atoms with Gasteiger partial charge in [-0.1, -0.05) is 117 Å². The maximum Gasteiger partial charge on any atom is 0.411 e. The predicted octanol–water partition coefficient (Wildman–Crippen LogP) is 7.41. The first-order valence-electron chi connectivity index (χ1n) is 15.0. The molecule has 4 atom stereocenters. The lowest BCUT2D eigenvalue weighted by atomic mass is 9.89. The van der Waals surface area contributed by atoms with Crippen molar-refractivity contribution in [3.8, 4) is 0 Å². The summed E-state index contributed by atoms with van der Waals surface area (Å²) in [5, 5.41) is 12.3. The number of anilines is 1. The van der Waals surface area contributed by atoms with E-state index in [1.165, 1.54) is 17.2 Å². The number of nitrogens with one attached hydrogen (secondary N) is 1. The summed E-state index contributed by atoms with van der Waals surface area (Å²) in [4.78, 5) is 14.4. The van der Waals surface area contributed by atoms with Gasteiger partial charge >= 0.3 is 6.09 Å². The molecule has 1 fully saturated rings. The number of amides is 1. The Labute approximate surface area is 259 Å². The van der Waals surface area contributed by atoms with Crippen LogP contribution in [0.4, 0.5) is 10.5 Å². The van der Waals surface area contributed by atoms with E-state index in [0.29, 0.717) is 12.2 Å². The van der Waals surface area contributed by atoms with Crippen LogP contribution in [0.5, 0.6) is 0 Å². The molecule has 1 aliphatic rings. The molecule has 5 rings (SSSR count). The Morgan fingerprint density at radius 3 is 2.00 bits per heavy atom. The van der Waals surface area contributed by atoms with Gasteiger partial charge in [0.25, 0.3) is 0 Å². The van der Waals surface area contributed by atoms with E-state index in [1.54, 1.807) is 0 Å². The van der Waals surface area contributed by atoms with E-state index in [2.05, 4.69) is 72.3 Å². The molecule has 0 aliphatic carbocycles. The molecule has 0 radical (unpaired) electrons. The number of nitrogens with zero attached hydrogens (tertiary/aromatic N) is 1. The summed E-state index contributed by atoms with van der Waals surface area (Å²) in [5.74, 6) is 0.0424. The normalized spacial score (nSPS) is 19.8. The van der Waals surface area contributed by atoms with Crippen LogP contribution in [0.3, 0.4) is 0 Å². The summed E-state index contributed by atoms with van der Waals surface area (Å²) < 4.78 is 18.4. The lowest BCUT2D eigenvalue weighted by molar-refractivity contribution is -0.276. The Hall–Kier alpha value is -4.27. The number of rotatable bonds is 12. The fourth-order valence-electron chi connectivity index (χ4n) is 5.46. The van der Waals surface area contributed by atoms with E-state index in [-0.39, 0.29) is 31.3 Å². The molecule has 7 nitrogen and oxygen atoms in total. The monoisotopic (exact) mass is 592 g/mol. The van der Waals surface area contributed by atoms with Crippen molar-refractivity contribution in [3.63, 3.8) is 0 Å². The second-order valence-electron chi connectivity index (χ2n) is 11.1. The molecular weight excluding hydrogens is 552 g/mol. The van der Waals surface area contributed by atoms with Gasteiger partial charge in [-0.3, -0.25) is 10.2 Å². The molecule has 1 heterocycles. The number of carbonyl (C=O) groups is 1. The molecule has 44 heavy (non-hydrogen) atoms. The largest absolute Gasteiger partial charge is 0.445 e. The zero-order valence-corrected chi connectivity index (χ0v) is 25.0. The van der Waals surface area contributed by atoms with Crippen molar-refractivity contribution in [1.82, 2.24) is 4.90 Å². The molecular formula is C37H40N2O5. The highest BCUT2D eigenvalue weighted by molar-refractivity contribution is 5.84. The highest BCUT2D eigenvalue weighted by Gasteiger charge is 2.39. The van der Waals surface area contributed by atoms with Gasteiger partial charge in [-0.25, -0.2) is 4.79 Å². The minimum absolute atomic E-state index is 0.00876. The molecule has 4 aromatic rings. The molecule has 228 valence electrons. The second-order valence-corrected chi connectivity index (χ2v) is 11.1. The first-order valence-corrected chi connectivity index (χ1v) is 15.0. The first kappa shape index (κ1) is 31.2. The van der Waals surface area contributed by atoms with Crippen LogP contribution >= 0.6 is 0 Å². The van der Waals surface area contributed by atoms with Gasteiger partial charge in [-0.05, 0) is 34.4 Å². The molecule has 1 saturated heterocycles. The Morgan fingerprint density at radius 1 is 0.841 bits per heavy atom. The lowest BCUT2D eigenvalue weighted by Crippen LogP contribution is -2.44. The molecule has 7 heteroatoms. The fraction of sp³-hybridized carbons (Fsp3) is 0.270. The molecule has 4 aromatic carbocycles. The standard InChI is InChI=1S/C37H40N2O5/c1-3-22-42-37(41)38-33-20-18-32(19-21-33)36-43-34(27(2)35(44-36)31-16-14-30(26-40)15-17-31)25-39(23-28-10-6-4-7-11-28)24-29-12-8-5-9-13-29/h3-21,27,34-36,40H,1,22-26H2,2H3,(H,38,41)/t27-,34+,35+,36+/m1/s1. The van der Waals surface area contributed by atoms with Crippen molar-refractivity contribution < 1.29 is 24.1 Å². The summed E-state index contributed by atoms with van der Waals surface area (Å²) in [6, 6.07) is 36.4. The summed E-state index contributed by atoms with van der Waals surface area (Å²) in [7, 11) is 0. The topological polar surface area (TPSA) is 80.3 Å². The zero-order valence-electron chi connectivity index (χ0n) is 25.0. The van der Waals surface area contributed by atoms with E-state index >= 15 is 0 Å². The van der Waals surface area contributed by atoms with E-state index in [4.69, 9.17) is 14.2 Å². The smallest absolute Gasteiger partial charge is 0.411 e. The quantitative estimate of drug-likeness (QED) is 0.167. The van der Waals surface area contributed by atoms with Gasteiger partial charge in [0.15, 0.2) is 6.29 Å². The average molecular weight is 593 g/mol. The fourth-order valence-corrected chi connectivity index (χ4v) is 5.46. The molecule has 2 N–H and O–H groups in total. The minimum atomic E-state index is -0.615. The molecule has 1 aliphatic heterocycles. The van der Waals surface area contributed by atoms with Gasteiger partial charge in [0.2, 0.25) is 0 Å². The molecule has 0 spiro atoms. The van der Waals surface area contributed by atoms with Gasteiger partial charge in [-0.15, -0.1) is 0 Å². The van der Waals surface area contributed by atoms with Gasteiger partial charge in [0.1, 0.15) is 6.61 Å². The van der Waals surface area contributed by atoms with Gasteiger partial charge < -0.3 is 19.3 Å². The number of aliphatic hydroxyl groups excluding tert-OH is 1. The van der Waals surface area contributed by atoms with Gasteiger partial charge in [0.05, 0.1) is 18.8 Å². The SMILES string of the molecule is C=CCOC(=O)Nc1ccc([C@H]2O[C@@H](CN(Cc3ccccc3)Cc3ccccc3)[C@@H](C)[C@@H](c3ccc(CO)cc3)O2)cc1. The Kier molecular flexibility index (Phi) is 10.9.